The summed E-state index contributed by atoms with van der Waals surface area (Å²) >= 11 is 0. The minimum atomic E-state index is -3.53. The molecule has 39 heavy (non-hydrogen) atoms. The van der Waals surface area contributed by atoms with Gasteiger partial charge in [0.15, 0.2) is 0 Å². The van der Waals surface area contributed by atoms with Crippen LogP contribution in [-0.4, -0.2) is 68.5 Å². The van der Waals surface area contributed by atoms with Gasteiger partial charge in [0.05, 0.1) is 24.2 Å². The summed E-state index contributed by atoms with van der Waals surface area (Å²) in [5.74, 6) is -1.83. The summed E-state index contributed by atoms with van der Waals surface area (Å²) in [4.78, 5) is 15.2. The standard InChI is InChI=1S/C27H32F2N4O5S/c1-2-3-13-37-14-15-38-26-25(19-30-33(27(26)34)24-17-22(28)16-23(29)18-24)31-9-11-32(12-10-31)39(35,36)20-21-7-5-4-6-8-21/h4-8,16-19H,2-3,9-15,20H2,1H3. The van der Waals surface area contributed by atoms with Crippen LogP contribution in [0, 0.1) is 11.6 Å². The predicted octanol–water partition coefficient (Wildman–Crippen LogP) is 3.36. The van der Waals surface area contributed by atoms with Crippen LogP contribution in [0.3, 0.4) is 0 Å². The van der Waals surface area contributed by atoms with Crippen LogP contribution in [0.1, 0.15) is 25.3 Å². The number of hydrogen-bond donors (Lipinski definition) is 0. The lowest BCUT2D eigenvalue weighted by molar-refractivity contribution is 0.0974. The first-order valence-electron chi connectivity index (χ1n) is 12.8. The van der Waals surface area contributed by atoms with Crippen LogP contribution in [0.5, 0.6) is 5.75 Å². The van der Waals surface area contributed by atoms with E-state index in [0.717, 1.165) is 29.7 Å². The number of sulfonamides is 1. The molecular weight excluding hydrogens is 530 g/mol. The first-order valence-corrected chi connectivity index (χ1v) is 14.5. The second kappa shape index (κ2) is 13.1. The molecule has 12 heteroatoms. The monoisotopic (exact) mass is 562 g/mol. The van der Waals surface area contributed by atoms with Crippen molar-refractivity contribution in [3.8, 4) is 11.4 Å². The predicted molar refractivity (Wildman–Crippen MR) is 144 cm³/mol. The van der Waals surface area contributed by atoms with E-state index in [2.05, 4.69) is 5.10 Å². The highest BCUT2D eigenvalue weighted by atomic mass is 32.2. The third-order valence-electron chi connectivity index (χ3n) is 6.29. The number of nitrogens with zero attached hydrogens (tertiary/aromatic N) is 4. The van der Waals surface area contributed by atoms with Crippen molar-refractivity contribution in [2.24, 2.45) is 0 Å². The minimum Gasteiger partial charge on any atom is -0.484 e. The lowest BCUT2D eigenvalue weighted by atomic mass is 10.2. The molecule has 3 aromatic rings. The molecule has 0 bridgehead atoms. The Morgan fingerprint density at radius 3 is 2.31 bits per heavy atom. The largest absolute Gasteiger partial charge is 0.484 e. The summed E-state index contributed by atoms with van der Waals surface area (Å²) in [5.41, 5.74) is 0.315. The van der Waals surface area contributed by atoms with E-state index >= 15 is 0 Å². The number of piperazine rings is 1. The van der Waals surface area contributed by atoms with Crippen LogP contribution in [0.2, 0.25) is 0 Å². The molecule has 0 radical (unpaired) electrons. The van der Waals surface area contributed by atoms with Gasteiger partial charge in [0, 0.05) is 38.9 Å². The van der Waals surface area contributed by atoms with Crippen LogP contribution >= 0.6 is 0 Å². The Kier molecular flexibility index (Phi) is 9.65. The van der Waals surface area contributed by atoms with E-state index in [9.17, 15) is 22.0 Å². The topological polar surface area (TPSA) is 94.0 Å². The van der Waals surface area contributed by atoms with Gasteiger partial charge in [0.1, 0.15) is 23.9 Å². The molecule has 9 nitrogen and oxygen atoms in total. The Labute approximate surface area is 226 Å². The molecule has 0 unspecified atom stereocenters. The molecule has 0 saturated carbocycles. The SMILES string of the molecule is CCCCOCCOc1c(N2CCN(S(=O)(=O)Cc3ccccc3)CC2)cnn(-c2cc(F)cc(F)c2)c1=O. The van der Waals surface area contributed by atoms with Crippen molar-refractivity contribution < 1.29 is 26.7 Å². The van der Waals surface area contributed by atoms with Gasteiger partial charge in [-0.05, 0) is 24.1 Å². The molecule has 1 fully saturated rings. The van der Waals surface area contributed by atoms with Gasteiger partial charge < -0.3 is 14.4 Å². The molecule has 2 heterocycles. The number of unbranched alkanes of at least 4 members (excludes halogenated alkanes) is 1. The first kappa shape index (κ1) is 28.7. The van der Waals surface area contributed by atoms with Crippen molar-refractivity contribution in [3.63, 3.8) is 0 Å². The van der Waals surface area contributed by atoms with Crippen molar-refractivity contribution in [1.82, 2.24) is 14.1 Å². The van der Waals surface area contributed by atoms with Crippen molar-refractivity contribution >= 4 is 15.7 Å². The van der Waals surface area contributed by atoms with Gasteiger partial charge in [-0.3, -0.25) is 4.79 Å². The number of aromatic nitrogens is 2. The normalized spacial score (nSPS) is 14.5. The number of ether oxygens (including phenoxy) is 2. The lowest BCUT2D eigenvalue weighted by Gasteiger charge is -2.35. The summed E-state index contributed by atoms with van der Waals surface area (Å²) in [6.07, 6.45) is 3.28. The zero-order chi connectivity index (χ0) is 27.8. The summed E-state index contributed by atoms with van der Waals surface area (Å²) < 4.78 is 67.3. The molecule has 2 aromatic carbocycles. The highest BCUT2D eigenvalue weighted by molar-refractivity contribution is 7.88. The molecule has 0 aliphatic carbocycles. The summed E-state index contributed by atoms with van der Waals surface area (Å²) in [5, 5.41) is 4.14. The van der Waals surface area contributed by atoms with Crippen molar-refractivity contribution in [2.45, 2.75) is 25.5 Å². The maximum absolute atomic E-state index is 13.8. The van der Waals surface area contributed by atoms with Gasteiger partial charge in [-0.1, -0.05) is 43.7 Å². The maximum atomic E-state index is 13.8. The van der Waals surface area contributed by atoms with Gasteiger partial charge in [-0.15, -0.1) is 0 Å². The Balaban J connectivity index is 1.54. The zero-order valence-electron chi connectivity index (χ0n) is 21.8. The van der Waals surface area contributed by atoms with Crippen LogP contribution in [0.4, 0.5) is 14.5 Å². The third kappa shape index (κ3) is 7.40. The van der Waals surface area contributed by atoms with Crippen molar-refractivity contribution in [3.05, 3.63) is 82.3 Å². The molecule has 0 N–H and O–H groups in total. The Morgan fingerprint density at radius 2 is 1.64 bits per heavy atom. The summed E-state index contributed by atoms with van der Waals surface area (Å²) in [7, 11) is -3.53. The van der Waals surface area contributed by atoms with Crippen LogP contribution in [-0.2, 0) is 20.5 Å². The van der Waals surface area contributed by atoms with Crippen LogP contribution in [0.15, 0.2) is 59.5 Å². The molecule has 1 saturated heterocycles. The summed E-state index contributed by atoms with van der Waals surface area (Å²) in [6, 6.07) is 11.7. The van der Waals surface area contributed by atoms with E-state index in [1.54, 1.807) is 24.3 Å². The van der Waals surface area contributed by atoms with Gasteiger partial charge in [-0.2, -0.15) is 14.1 Å². The second-order valence-electron chi connectivity index (χ2n) is 9.15. The maximum Gasteiger partial charge on any atom is 0.316 e. The minimum absolute atomic E-state index is 0.0469. The quantitative estimate of drug-likeness (QED) is 0.313. The van der Waals surface area contributed by atoms with Crippen molar-refractivity contribution in [2.75, 3.05) is 50.9 Å². The second-order valence-corrected chi connectivity index (χ2v) is 11.1. The van der Waals surface area contributed by atoms with E-state index in [4.69, 9.17) is 9.47 Å². The van der Waals surface area contributed by atoms with E-state index in [0.29, 0.717) is 37.0 Å². The fourth-order valence-corrected chi connectivity index (χ4v) is 5.79. The molecule has 1 aliphatic rings. The molecule has 1 aliphatic heterocycles. The summed E-state index contributed by atoms with van der Waals surface area (Å²) in [6.45, 7) is 3.98. The number of anilines is 1. The third-order valence-corrected chi connectivity index (χ3v) is 8.14. The van der Waals surface area contributed by atoms with Crippen molar-refractivity contribution in [1.29, 1.82) is 0 Å². The Hall–Kier alpha value is -3.35. The van der Waals surface area contributed by atoms with E-state index in [1.165, 1.54) is 10.5 Å². The van der Waals surface area contributed by atoms with Gasteiger partial charge in [-0.25, -0.2) is 17.2 Å². The number of benzene rings is 2. The smallest absolute Gasteiger partial charge is 0.316 e. The first-order chi connectivity index (χ1) is 18.8. The molecule has 0 amide bonds. The lowest BCUT2D eigenvalue weighted by Crippen LogP contribution is -2.49. The van der Waals surface area contributed by atoms with E-state index < -0.39 is 27.2 Å². The fraction of sp³-hybridized carbons (Fsp3) is 0.407. The Bertz CT molecular complexity index is 1390. The van der Waals surface area contributed by atoms with Gasteiger partial charge >= 0.3 is 5.56 Å². The van der Waals surface area contributed by atoms with Crippen LogP contribution in [0.25, 0.3) is 5.69 Å². The average molecular weight is 563 g/mol. The average Bonchev–Trinajstić information content (AvgIpc) is 2.91. The van der Waals surface area contributed by atoms with Crippen LogP contribution < -0.4 is 15.2 Å². The Morgan fingerprint density at radius 1 is 0.949 bits per heavy atom. The molecule has 0 spiro atoms. The number of hydrogen-bond acceptors (Lipinski definition) is 7. The molecule has 1 aromatic heterocycles. The van der Waals surface area contributed by atoms with E-state index in [1.807, 2.05) is 17.9 Å². The number of halogens is 2. The van der Waals surface area contributed by atoms with E-state index in [-0.39, 0.29) is 43.5 Å². The molecule has 4 rings (SSSR count). The fourth-order valence-electron chi connectivity index (χ4n) is 4.27. The highest BCUT2D eigenvalue weighted by Gasteiger charge is 2.29. The molecular formula is C27H32F2N4O5S. The molecule has 0 atom stereocenters. The molecule has 210 valence electrons. The zero-order valence-corrected chi connectivity index (χ0v) is 22.6. The number of rotatable bonds is 12. The van der Waals surface area contributed by atoms with Gasteiger partial charge in [0.25, 0.3) is 0 Å². The van der Waals surface area contributed by atoms with Gasteiger partial charge in [0.2, 0.25) is 15.8 Å². The highest BCUT2D eigenvalue weighted by Crippen LogP contribution is 2.26.